The van der Waals surface area contributed by atoms with Crippen molar-refractivity contribution in [2.75, 3.05) is 0 Å². The summed E-state index contributed by atoms with van der Waals surface area (Å²) in [6.07, 6.45) is 8.64. The first kappa shape index (κ1) is 18.8. The van der Waals surface area contributed by atoms with Crippen LogP contribution in [0.4, 0.5) is 0 Å². The summed E-state index contributed by atoms with van der Waals surface area (Å²) in [6.45, 7) is 1.40. The largest absolute Gasteiger partial charge is 0.489 e. The Hall–Kier alpha value is -1.22. The molecule has 0 aliphatic heterocycles. The van der Waals surface area contributed by atoms with Gasteiger partial charge < -0.3 is 10.1 Å². The van der Waals surface area contributed by atoms with Crippen LogP contribution in [0.2, 0.25) is 10.0 Å². The van der Waals surface area contributed by atoms with Crippen molar-refractivity contribution in [1.29, 1.82) is 0 Å². The van der Waals surface area contributed by atoms with Gasteiger partial charge in [0.25, 0.3) is 0 Å². The van der Waals surface area contributed by atoms with Crippen LogP contribution in [0.25, 0.3) is 0 Å². The highest BCUT2D eigenvalue weighted by Gasteiger charge is 2.50. The molecule has 2 aromatic carbocycles. The van der Waals surface area contributed by atoms with E-state index in [1.807, 2.05) is 12.1 Å². The average Bonchev–Trinajstić information content (AvgIpc) is 2.66. The SMILES string of the molecule is Clc1ccc(COc2ccc(CNC34CC5CC(CC(C5)C3)C4)cc2)c(Cl)c1. The summed E-state index contributed by atoms with van der Waals surface area (Å²) in [5.41, 5.74) is 2.68. The molecule has 0 saturated heterocycles. The molecule has 0 aromatic heterocycles. The standard InChI is InChI=1S/C24H27Cl2NO/c25-21-4-3-20(23(26)10-21)15-28-22-5-1-16(2-6-22)14-27-24-11-17-7-18(12-24)9-19(8-17)13-24/h1-6,10,17-19,27H,7-9,11-15H2. The quantitative estimate of drug-likeness (QED) is 0.571. The second-order valence-electron chi connectivity index (χ2n) is 9.22. The summed E-state index contributed by atoms with van der Waals surface area (Å²) in [5.74, 6) is 3.81. The van der Waals surface area contributed by atoms with Gasteiger partial charge in [-0.05, 0) is 86.1 Å². The van der Waals surface area contributed by atoms with Gasteiger partial charge in [0.2, 0.25) is 0 Å². The number of benzene rings is 2. The van der Waals surface area contributed by atoms with E-state index < -0.39 is 0 Å². The molecule has 0 spiro atoms. The van der Waals surface area contributed by atoms with Crippen molar-refractivity contribution in [2.45, 2.75) is 57.2 Å². The second kappa shape index (κ2) is 7.55. The van der Waals surface area contributed by atoms with E-state index in [0.717, 1.165) is 35.6 Å². The van der Waals surface area contributed by atoms with Gasteiger partial charge in [-0.2, -0.15) is 0 Å². The fourth-order valence-electron chi connectivity index (χ4n) is 6.12. The molecule has 0 radical (unpaired) electrons. The molecule has 4 saturated carbocycles. The summed E-state index contributed by atoms with van der Waals surface area (Å²) < 4.78 is 5.90. The molecule has 28 heavy (non-hydrogen) atoms. The third-order valence-corrected chi connectivity index (χ3v) is 7.63. The van der Waals surface area contributed by atoms with Gasteiger partial charge in [-0.3, -0.25) is 0 Å². The smallest absolute Gasteiger partial charge is 0.119 e. The van der Waals surface area contributed by atoms with Crippen LogP contribution in [0.5, 0.6) is 5.75 Å². The molecule has 0 atom stereocenters. The normalized spacial score (nSPS) is 30.6. The third kappa shape index (κ3) is 3.92. The van der Waals surface area contributed by atoms with E-state index >= 15 is 0 Å². The van der Waals surface area contributed by atoms with Crippen molar-refractivity contribution < 1.29 is 4.74 Å². The van der Waals surface area contributed by atoms with Crippen LogP contribution in [0.3, 0.4) is 0 Å². The lowest BCUT2D eigenvalue weighted by molar-refractivity contribution is -0.0206. The maximum absolute atomic E-state index is 6.22. The third-order valence-electron chi connectivity index (χ3n) is 7.04. The summed E-state index contributed by atoms with van der Waals surface area (Å²) in [5, 5.41) is 5.25. The minimum Gasteiger partial charge on any atom is -0.489 e. The van der Waals surface area contributed by atoms with Gasteiger partial charge >= 0.3 is 0 Å². The molecule has 4 aliphatic carbocycles. The van der Waals surface area contributed by atoms with Crippen LogP contribution in [0, 0.1) is 17.8 Å². The first-order chi connectivity index (χ1) is 13.6. The van der Waals surface area contributed by atoms with E-state index in [0.29, 0.717) is 22.2 Å². The van der Waals surface area contributed by atoms with Crippen molar-refractivity contribution in [3.63, 3.8) is 0 Å². The van der Waals surface area contributed by atoms with Crippen LogP contribution >= 0.6 is 23.2 Å². The summed E-state index contributed by atoms with van der Waals surface area (Å²) in [4.78, 5) is 0. The number of halogens is 2. The molecule has 4 fully saturated rings. The molecule has 0 heterocycles. The maximum Gasteiger partial charge on any atom is 0.119 e. The first-order valence-corrected chi connectivity index (χ1v) is 11.2. The minimum absolute atomic E-state index is 0.412. The van der Waals surface area contributed by atoms with Gasteiger partial charge in [0.15, 0.2) is 0 Å². The Kier molecular flexibility index (Phi) is 5.07. The molecule has 0 amide bonds. The van der Waals surface area contributed by atoms with E-state index in [-0.39, 0.29) is 0 Å². The predicted octanol–water partition coefficient (Wildman–Crippen LogP) is 6.63. The van der Waals surface area contributed by atoms with Crippen molar-refractivity contribution in [2.24, 2.45) is 17.8 Å². The van der Waals surface area contributed by atoms with Crippen molar-refractivity contribution in [3.8, 4) is 5.75 Å². The lowest BCUT2D eigenvalue weighted by Gasteiger charge is -2.57. The van der Waals surface area contributed by atoms with Crippen LogP contribution in [0.1, 0.15) is 49.7 Å². The molecule has 148 valence electrons. The van der Waals surface area contributed by atoms with Gasteiger partial charge in [-0.25, -0.2) is 0 Å². The Morgan fingerprint density at radius 2 is 1.54 bits per heavy atom. The lowest BCUT2D eigenvalue weighted by Crippen LogP contribution is -2.58. The van der Waals surface area contributed by atoms with E-state index in [1.54, 1.807) is 6.07 Å². The Balaban J connectivity index is 1.17. The minimum atomic E-state index is 0.412. The Morgan fingerprint density at radius 1 is 0.893 bits per heavy atom. The zero-order valence-electron chi connectivity index (χ0n) is 16.1. The molecular weight excluding hydrogens is 389 g/mol. The highest BCUT2D eigenvalue weighted by molar-refractivity contribution is 6.35. The van der Waals surface area contributed by atoms with Crippen LogP contribution in [0.15, 0.2) is 42.5 Å². The molecular formula is C24H27Cl2NO. The zero-order valence-corrected chi connectivity index (χ0v) is 17.6. The molecule has 1 N–H and O–H groups in total. The highest BCUT2D eigenvalue weighted by Crippen LogP contribution is 2.55. The van der Waals surface area contributed by atoms with E-state index in [1.165, 1.54) is 44.1 Å². The second-order valence-corrected chi connectivity index (χ2v) is 10.1. The van der Waals surface area contributed by atoms with Crippen LogP contribution in [-0.2, 0) is 13.2 Å². The van der Waals surface area contributed by atoms with Gasteiger partial charge in [0.1, 0.15) is 12.4 Å². The monoisotopic (exact) mass is 415 g/mol. The number of hydrogen-bond donors (Lipinski definition) is 1. The molecule has 4 aliphatic rings. The topological polar surface area (TPSA) is 21.3 Å². The molecule has 0 unspecified atom stereocenters. The van der Waals surface area contributed by atoms with Gasteiger partial charge in [0, 0.05) is 27.7 Å². The fraction of sp³-hybridized carbons (Fsp3) is 0.500. The lowest BCUT2D eigenvalue weighted by atomic mass is 9.53. The molecule has 6 rings (SSSR count). The van der Waals surface area contributed by atoms with E-state index in [2.05, 4.69) is 29.6 Å². The first-order valence-electron chi connectivity index (χ1n) is 10.5. The van der Waals surface area contributed by atoms with Crippen molar-refractivity contribution in [3.05, 3.63) is 63.6 Å². The molecule has 2 aromatic rings. The van der Waals surface area contributed by atoms with Crippen LogP contribution in [-0.4, -0.2) is 5.54 Å². The van der Waals surface area contributed by atoms with Crippen molar-refractivity contribution >= 4 is 23.2 Å². The number of rotatable bonds is 6. The zero-order chi connectivity index (χ0) is 19.1. The highest BCUT2D eigenvalue weighted by atomic mass is 35.5. The summed E-state index contributed by atoms with van der Waals surface area (Å²) >= 11 is 12.2. The van der Waals surface area contributed by atoms with E-state index in [4.69, 9.17) is 27.9 Å². The van der Waals surface area contributed by atoms with Crippen LogP contribution < -0.4 is 10.1 Å². The van der Waals surface area contributed by atoms with Crippen molar-refractivity contribution in [1.82, 2.24) is 5.32 Å². The number of nitrogens with one attached hydrogen (secondary N) is 1. The average molecular weight is 416 g/mol. The fourth-order valence-corrected chi connectivity index (χ4v) is 6.58. The predicted molar refractivity (Wildman–Crippen MR) is 115 cm³/mol. The molecule has 4 heteroatoms. The van der Waals surface area contributed by atoms with Gasteiger partial charge in [-0.15, -0.1) is 0 Å². The maximum atomic E-state index is 6.22. The van der Waals surface area contributed by atoms with Gasteiger partial charge in [0.05, 0.1) is 0 Å². The van der Waals surface area contributed by atoms with Gasteiger partial charge in [-0.1, -0.05) is 41.4 Å². The summed E-state index contributed by atoms with van der Waals surface area (Å²) in [7, 11) is 0. The van der Waals surface area contributed by atoms with E-state index in [9.17, 15) is 0 Å². The summed E-state index contributed by atoms with van der Waals surface area (Å²) in [6, 6.07) is 14.0. The molecule has 4 bridgehead atoms. The Labute approximate surface area is 177 Å². The number of ether oxygens (including phenoxy) is 1. The Bertz CT molecular complexity index is 813. The molecule has 2 nitrogen and oxygen atoms in total. The Morgan fingerprint density at radius 3 is 2.14 bits per heavy atom. The number of hydrogen-bond acceptors (Lipinski definition) is 2.